The zero-order chi connectivity index (χ0) is 13.8. The molecule has 2 N–H and O–H groups in total. The van der Waals surface area contributed by atoms with Gasteiger partial charge < -0.3 is 5.73 Å². The first-order valence-corrected chi connectivity index (χ1v) is 7.81. The molecule has 0 fully saturated rings. The van der Waals surface area contributed by atoms with Crippen LogP contribution in [0.15, 0.2) is 24.3 Å². The lowest BCUT2D eigenvalue weighted by atomic mass is 10.2. The fraction of sp³-hybridized carbons (Fsp3) is 0.538. The van der Waals surface area contributed by atoms with E-state index in [1.807, 2.05) is 13.8 Å². The lowest BCUT2D eigenvalue weighted by molar-refractivity contribution is 0.349. The van der Waals surface area contributed by atoms with Crippen LogP contribution in [0.5, 0.6) is 0 Å². The van der Waals surface area contributed by atoms with Gasteiger partial charge in [-0.25, -0.2) is 12.7 Å². The zero-order valence-electron chi connectivity index (χ0n) is 11.3. The molecule has 0 aliphatic rings. The number of anilines is 1. The number of benzene rings is 1. The van der Waals surface area contributed by atoms with Crippen molar-refractivity contribution in [2.75, 3.05) is 12.8 Å². The molecule has 102 valence electrons. The third kappa shape index (κ3) is 3.71. The number of nitrogen functional groups attached to an aromatic ring is 1. The molecular weight excluding hydrogens is 248 g/mol. The van der Waals surface area contributed by atoms with Crippen molar-refractivity contribution in [1.82, 2.24) is 4.31 Å². The predicted molar refractivity (Wildman–Crippen MR) is 75.6 cm³/mol. The van der Waals surface area contributed by atoms with Crippen LogP contribution in [0.4, 0.5) is 5.69 Å². The van der Waals surface area contributed by atoms with Crippen LogP contribution in [0.25, 0.3) is 0 Å². The van der Waals surface area contributed by atoms with E-state index in [0.29, 0.717) is 5.69 Å². The second-order valence-electron chi connectivity index (χ2n) is 4.48. The van der Waals surface area contributed by atoms with Crippen LogP contribution in [-0.4, -0.2) is 25.8 Å². The SMILES string of the molecule is CCC(CC)N(C)S(=O)(=O)Cc1ccc(N)cc1. The van der Waals surface area contributed by atoms with Crippen molar-refractivity contribution in [3.8, 4) is 0 Å². The van der Waals surface area contributed by atoms with Crippen molar-refractivity contribution in [2.45, 2.75) is 38.5 Å². The van der Waals surface area contributed by atoms with Crippen LogP contribution in [0.2, 0.25) is 0 Å². The second kappa shape index (κ2) is 6.20. The van der Waals surface area contributed by atoms with Gasteiger partial charge in [0.15, 0.2) is 0 Å². The molecular formula is C13H22N2O2S. The first-order chi connectivity index (χ1) is 8.40. The molecule has 0 amide bonds. The Morgan fingerprint density at radius 1 is 1.17 bits per heavy atom. The van der Waals surface area contributed by atoms with Gasteiger partial charge in [-0.2, -0.15) is 0 Å². The lowest BCUT2D eigenvalue weighted by Crippen LogP contribution is -2.37. The Morgan fingerprint density at radius 2 is 1.67 bits per heavy atom. The van der Waals surface area contributed by atoms with Gasteiger partial charge in [0.2, 0.25) is 10.0 Å². The van der Waals surface area contributed by atoms with E-state index in [9.17, 15) is 8.42 Å². The summed E-state index contributed by atoms with van der Waals surface area (Å²) in [7, 11) is -1.60. The van der Waals surface area contributed by atoms with E-state index in [1.54, 1.807) is 31.3 Å². The molecule has 1 aromatic carbocycles. The highest BCUT2D eigenvalue weighted by atomic mass is 32.2. The highest BCUT2D eigenvalue weighted by Gasteiger charge is 2.24. The molecule has 0 aliphatic heterocycles. The second-order valence-corrected chi connectivity index (χ2v) is 6.51. The van der Waals surface area contributed by atoms with Crippen LogP contribution in [0.1, 0.15) is 32.3 Å². The minimum Gasteiger partial charge on any atom is -0.399 e. The summed E-state index contributed by atoms with van der Waals surface area (Å²) in [5.41, 5.74) is 6.99. The normalized spacial score (nSPS) is 12.3. The van der Waals surface area contributed by atoms with Gasteiger partial charge in [-0.1, -0.05) is 26.0 Å². The summed E-state index contributed by atoms with van der Waals surface area (Å²) in [6.07, 6.45) is 1.65. The quantitative estimate of drug-likeness (QED) is 0.806. The van der Waals surface area contributed by atoms with E-state index in [-0.39, 0.29) is 11.8 Å². The highest BCUT2D eigenvalue weighted by Crippen LogP contribution is 2.16. The fourth-order valence-corrected chi connectivity index (χ4v) is 3.53. The topological polar surface area (TPSA) is 63.4 Å². The minimum atomic E-state index is -3.26. The Kier molecular flexibility index (Phi) is 5.16. The molecule has 5 heteroatoms. The largest absolute Gasteiger partial charge is 0.399 e. The minimum absolute atomic E-state index is 0.0281. The molecule has 0 spiro atoms. The fourth-order valence-electron chi connectivity index (χ4n) is 1.96. The summed E-state index contributed by atoms with van der Waals surface area (Å²) in [6.45, 7) is 4.01. The van der Waals surface area contributed by atoms with Gasteiger partial charge in [-0.3, -0.25) is 0 Å². The van der Waals surface area contributed by atoms with E-state index in [4.69, 9.17) is 5.73 Å². The summed E-state index contributed by atoms with van der Waals surface area (Å²) >= 11 is 0. The molecule has 1 aromatic rings. The molecule has 4 nitrogen and oxygen atoms in total. The van der Waals surface area contributed by atoms with Crippen molar-refractivity contribution in [3.05, 3.63) is 29.8 Å². The van der Waals surface area contributed by atoms with Gasteiger partial charge in [0, 0.05) is 18.8 Å². The molecule has 0 atom stereocenters. The Labute approximate surface area is 110 Å². The number of nitrogens with zero attached hydrogens (tertiary/aromatic N) is 1. The van der Waals surface area contributed by atoms with E-state index in [1.165, 1.54) is 4.31 Å². The molecule has 0 bridgehead atoms. The van der Waals surface area contributed by atoms with Gasteiger partial charge in [0.05, 0.1) is 5.75 Å². The maximum Gasteiger partial charge on any atom is 0.218 e. The molecule has 1 rings (SSSR count). The monoisotopic (exact) mass is 270 g/mol. The van der Waals surface area contributed by atoms with Crippen molar-refractivity contribution >= 4 is 15.7 Å². The number of hydrogen-bond acceptors (Lipinski definition) is 3. The van der Waals surface area contributed by atoms with Crippen LogP contribution in [0.3, 0.4) is 0 Å². The Bertz CT molecular complexity index is 464. The number of nitrogens with two attached hydrogens (primary N) is 1. The van der Waals surface area contributed by atoms with Gasteiger partial charge in [-0.05, 0) is 30.5 Å². The highest BCUT2D eigenvalue weighted by molar-refractivity contribution is 7.88. The standard InChI is InChI=1S/C13H22N2O2S/c1-4-13(5-2)15(3)18(16,17)10-11-6-8-12(14)9-7-11/h6-9,13H,4-5,10,14H2,1-3H3. The number of sulfonamides is 1. The van der Waals surface area contributed by atoms with Crippen molar-refractivity contribution in [1.29, 1.82) is 0 Å². The third-order valence-corrected chi connectivity index (χ3v) is 5.10. The smallest absolute Gasteiger partial charge is 0.218 e. The zero-order valence-corrected chi connectivity index (χ0v) is 12.1. The van der Waals surface area contributed by atoms with Crippen molar-refractivity contribution in [3.63, 3.8) is 0 Å². The van der Waals surface area contributed by atoms with Crippen molar-refractivity contribution in [2.24, 2.45) is 0 Å². The van der Waals surface area contributed by atoms with Gasteiger partial charge in [0.25, 0.3) is 0 Å². The van der Waals surface area contributed by atoms with E-state index < -0.39 is 10.0 Å². The van der Waals surface area contributed by atoms with Gasteiger partial charge >= 0.3 is 0 Å². The maximum absolute atomic E-state index is 12.2. The average molecular weight is 270 g/mol. The Hall–Kier alpha value is -1.07. The van der Waals surface area contributed by atoms with Gasteiger partial charge in [0.1, 0.15) is 0 Å². The number of rotatable bonds is 6. The van der Waals surface area contributed by atoms with Crippen LogP contribution in [-0.2, 0) is 15.8 Å². The van der Waals surface area contributed by atoms with Gasteiger partial charge in [-0.15, -0.1) is 0 Å². The van der Waals surface area contributed by atoms with E-state index >= 15 is 0 Å². The summed E-state index contributed by atoms with van der Waals surface area (Å²) in [5, 5.41) is 0. The molecule has 18 heavy (non-hydrogen) atoms. The van der Waals surface area contributed by atoms with E-state index in [2.05, 4.69) is 0 Å². The van der Waals surface area contributed by atoms with E-state index in [0.717, 1.165) is 18.4 Å². The summed E-state index contributed by atoms with van der Waals surface area (Å²) in [4.78, 5) is 0. The molecule has 0 aliphatic carbocycles. The molecule has 0 heterocycles. The third-order valence-electron chi connectivity index (χ3n) is 3.22. The summed E-state index contributed by atoms with van der Waals surface area (Å²) < 4.78 is 26.0. The number of hydrogen-bond donors (Lipinski definition) is 1. The van der Waals surface area contributed by atoms with Crippen LogP contribution < -0.4 is 5.73 Å². The predicted octanol–water partition coefficient (Wildman–Crippen LogP) is 2.22. The molecule has 0 saturated heterocycles. The lowest BCUT2D eigenvalue weighted by Gasteiger charge is -2.25. The van der Waals surface area contributed by atoms with Crippen LogP contribution >= 0.6 is 0 Å². The summed E-state index contributed by atoms with van der Waals surface area (Å²) in [6, 6.07) is 7.04. The van der Waals surface area contributed by atoms with Crippen molar-refractivity contribution < 1.29 is 8.42 Å². The molecule has 0 saturated carbocycles. The molecule has 0 aromatic heterocycles. The van der Waals surface area contributed by atoms with Crippen LogP contribution in [0, 0.1) is 0 Å². The first-order valence-electron chi connectivity index (χ1n) is 6.20. The molecule has 0 radical (unpaired) electrons. The average Bonchev–Trinajstić information content (AvgIpc) is 2.33. The summed E-state index contributed by atoms with van der Waals surface area (Å²) in [5.74, 6) is 0.0281. The first kappa shape index (κ1) is 15.0. The maximum atomic E-state index is 12.2. The molecule has 0 unspecified atom stereocenters. The Balaban J connectivity index is 2.84. The Morgan fingerprint density at radius 3 is 2.11 bits per heavy atom.